The lowest BCUT2D eigenvalue weighted by Crippen LogP contribution is -2.46. The average Bonchev–Trinajstić information content (AvgIpc) is 2.66. The second kappa shape index (κ2) is 8.16. The smallest absolute Gasteiger partial charge is 0.271 e. The van der Waals surface area contributed by atoms with Gasteiger partial charge in [-0.3, -0.25) is 4.79 Å². The summed E-state index contributed by atoms with van der Waals surface area (Å²) in [6.45, 7) is 6.14. The number of nitrogens with one attached hydrogen (secondary N) is 1. The summed E-state index contributed by atoms with van der Waals surface area (Å²) in [4.78, 5) is 25.0. The van der Waals surface area contributed by atoms with Crippen molar-refractivity contribution in [3.63, 3.8) is 0 Å². The summed E-state index contributed by atoms with van der Waals surface area (Å²) in [5.74, 6) is 0.629. The molecule has 25 heavy (non-hydrogen) atoms. The molecule has 0 bridgehead atoms. The SMILES string of the molecule is CCCNC(=O)c1cnc(N2CCN(c3cccc(Cl)c3)CC2)cn1. The molecule has 1 amide bonds. The van der Waals surface area contributed by atoms with Gasteiger partial charge >= 0.3 is 0 Å². The second-order valence-electron chi connectivity index (χ2n) is 5.97. The van der Waals surface area contributed by atoms with E-state index in [9.17, 15) is 4.79 Å². The number of piperazine rings is 1. The molecule has 0 unspecified atom stereocenters. The Labute approximate surface area is 152 Å². The van der Waals surface area contributed by atoms with Crippen LogP contribution in [0.25, 0.3) is 0 Å². The predicted molar refractivity (Wildman–Crippen MR) is 101 cm³/mol. The van der Waals surface area contributed by atoms with Crippen molar-refractivity contribution in [3.05, 3.63) is 47.4 Å². The summed E-state index contributed by atoms with van der Waals surface area (Å²) in [7, 11) is 0. The van der Waals surface area contributed by atoms with Crippen LogP contribution in [0.3, 0.4) is 0 Å². The van der Waals surface area contributed by atoms with Gasteiger partial charge in [0.25, 0.3) is 5.91 Å². The molecule has 0 atom stereocenters. The highest BCUT2D eigenvalue weighted by Gasteiger charge is 2.19. The minimum atomic E-state index is -0.174. The Morgan fingerprint density at radius 1 is 1.16 bits per heavy atom. The van der Waals surface area contributed by atoms with E-state index < -0.39 is 0 Å². The fourth-order valence-electron chi connectivity index (χ4n) is 2.80. The van der Waals surface area contributed by atoms with Gasteiger partial charge in [-0.2, -0.15) is 0 Å². The third kappa shape index (κ3) is 4.39. The Hall–Kier alpha value is -2.34. The fourth-order valence-corrected chi connectivity index (χ4v) is 2.98. The normalized spacial score (nSPS) is 14.5. The van der Waals surface area contributed by atoms with E-state index in [1.165, 1.54) is 0 Å². The third-order valence-corrected chi connectivity index (χ3v) is 4.42. The number of halogens is 1. The lowest BCUT2D eigenvalue weighted by molar-refractivity contribution is 0.0948. The first-order valence-corrected chi connectivity index (χ1v) is 8.91. The molecule has 132 valence electrons. The molecule has 0 spiro atoms. The molecule has 0 aliphatic carbocycles. The van der Waals surface area contributed by atoms with Crippen molar-refractivity contribution in [1.82, 2.24) is 15.3 Å². The average molecular weight is 360 g/mol. The van der Waals surface area contributed by atoms with Gasteiger partial charge in [-0.1, -0.05) is 24.6 Å². The number of carbonyl (C=O) groups excluding carboxylic acids is 1. The number of carbonyl (C=O) groups is 1. The molecule has 7 heteroatoms. The summed E-state index contributed by atoms with van der Waals surface area (Å²) in [5, 5.41) is 3.56. The topological polar surface area (TPSA) is 61.4 Å². The molecule has 1 fully saturated rings. The summed E-state index contributed by atoms with van der Waals surface area (Å²) >= 11 is 6.07. The van der Waals surface area contributed by atoms with Crippen molar-refractivity contribution in [2.24, 2.45) is 0 Å². The van der Waals surface area contributed by atoms with Gasteiger partial charge in [0.05, 0.1) is 12.4 Å². The van der Waals surface area contributed by atoms with Crippen LogP contribution in [0.1, 0.15) is 23.8 Å². The van der Waals surface area contributed by atoms with Gasteiger partial charge in [0.15, 0.2) is 0 Å². The van der Waals surface area contributed by atoms with Crippen LogP contribution in [0.15, 0.2) is 36.7 Å². The molecule has 3 rings (SSSR count). The molecule has 1 aromatic carbocycles. The highest BCUT2D eigenvalue weighted by Crippen LogP contribution is 2.22. The maximum atomic E-state index is 11.9. The molecule has 1 aliphatic rings. The van der Waals surface area contributed by atoms with E-state index in [0.29, 0.717) is 12.2 Å². The molecule has 1 aliphatic heterocycles. The monoisotopic (exact) mass is 359 g/mol. The van der Waals surface area contributed by atoms with Crippen LogP contribution in [0.4, 0.5) is 11.5 Å². The number of aromatic nitrogens is 2. The minimum Gasteiger partial charge on any atom is -0.368 e. The summed E-state index contributed by atoms with van der Waals surface area (Å²) < 4.78 is 0. The zero-order valence-electron chi connectivity index (χ0n) is 14.3. The zero-order valence-corrected chi connectivity index (χ0v) is 15.0. The van der Waals surface area contributed by atoms with Gasteiger partial charge in [-0.25, -0.2) is 9.97 Å². The Morgan fingerprint density at radius 2 is 1.92 bits per heavy atom. The van der Waals surface area contributed by atoms with Crippen molar-refractivity contribution < 1.29 is 4.79 Å². The lowest BCUT2D eigenvalue weighted by atomic mass is 10.2. The van der Waals surface area contributed by atoms with Crippen molar-refractivity contribution in [2.75, 3.05) is 42.5 Å². The number of amides is 1. The van der Waals surface area contributed by atoms with Crippen LogP contribution < -0.4 is 15.1 Å². The van der Waals surface area contributed by atoms with Gasteiger partial charge < -0.3 is 15.1 Å². The Morgan fingerprint density at radius 3 is 2.56 bits per heavy atom. The fraction of sp³-hybridized carbons (Fsp3) is 0.389. The molecule has 1 N–H and O–H groups in total. The summed E-state index contributed by atoms with van der Waals surface area (Å²) in [5.41, 5.74) is 1.50. The van der Waals surface area contributed by atoms with Crippen LogP contribution in [0.5, 0.6) is 0 Å². The van der Waals surface area contributed by atoms with E-state index in [1.807, 2.05) is 25.1 Å². The van der Waals surface area contributed by atoms with Crippen molar-refractivity contribution >= 4 is 29.0 Å². The van der Waals surface area contributed by atoms with E-state index >= 15 is 0 Å². The Balaban J connectivity index is 1.58. The molecule has 6 nitrogen and oxygen atoms in total. The van der Waals surface area contributed by atoms with Crippen LogP contribution in [0.2, 0.25) is 5.02 Å². The molecule has 2 heterocycles. The first-order chi connectivity index (χ1) is 12.2. The van der Waals surface area contributed by atoms with E-state index in [-0.39, 0.29) is 5.91 Å². The van der Waals surface area contributed by atoms with E-state index in [0.717, 1.165) is 49.1 Å². The minimum absolute atomic E-state index is 0.174. The molecule has 1 aromatic heterocycles. The highest BCUT2D eigenvalue weighted by molar-refractivity contribution is 6.30. The number of anilines is 2. The maximum Gasteiger partial charge on any atom is 0.271 e. The van der Waals surface area contributed by atoms with Crippen LogP contribution in [-0.2, 0) is 0 Å². The lowest BCUT2D eigenvalue weighted by Gasteiger charge is -2.36. The number of nitrogens with zero attached hydrogens (tertiary/aromatic N) is 4. The third-order valence-electron chi connectivity index (χ3n) is 4.18. The predicted octanol–water partition coefficient (Wildman–Crippen LogP) is 2.60. The second-order valence-corrected chi connectivity index (χ2v) is 6.41. The number of hydrogen-bond acceptors (Lipinski definition) is 5. The zero-order chi connectivity index (χ0) is 17.6. The molecule has 1 saturated heterocycles. The molecule has 0 radical (unpaired) electrons. The quantitative estimate of drug-likeness (QED) is 0.889. The Kier molecular flexibility index (Phi) is 5.71. The number of benzene rings is 1. The number of hydrogen-bond donors (Lipinski definition) is 1. The molecular weight excluding hydrogens is 338 g/mol. The first-order valence-electron chi connectivity index (χ1n) is 8.53. The van der Waals surface area contributed by atoms with Gasteiger partial charge in [-0.05, 0) is 24.6 Å². The van der Waals surface area contributed by atoms with Gasteiger partial charge in [0.1, 0.15) is 11.5 Å². The van der Waals surface area contributed by atoms with Gasteiger partial charge in [-0.15, -0.1) is 0 Å². The van der Waals surface area contributed by atoms with E-state index in [1.54, 1.807) is 12.4 Å². The maximum absolute atomic E-state index is 11.9. The van der Waals surface area contributed by atoms with E-state index in [4.69, 9.17) is 11.6 Å². The van der Waals surface area contributed by atoms with Crippen molar-refractivity contribution in [3.8, 4) is 0 Å². The first kappa shape index (κ1) is 17.5. The molecule has 0 saturated carbocycles. The van der Waals surface area contributed by atoms with Crippen LogP contribution in [0, 0.1) is 0 Å². The van der Waals surface area contributed by atoms with Crippen LogP contribution >= 0.6 is 11.6 Å². The largest absolute Gasteiger partial charge is 0.368 e. The van der Waals surface area contributed by atoms with Crippen molar-refractivity contribution in [2.45, 2.75) is 13.3 Å². The van der Waals surface area contributed by atoms with E-state index in [2.05, 4.69) is 31.2 Å². The number of rotatable bonds is 5. The van der Waals surface area contributed by atoms with Gasteiger partial charge in [0, 0.05) is 43.4 Å². The van der Waals surface area contributed by atoms with Crippen molar-refractivity contribution in [1.29, 1.82) is 0 Å². The Bertz CT molecular complexity index is 714. The standard InChI is InChI=1S/C18H22ClN5O/c1-2-6-20-18(25)16-12-22-17(13-21-16)24-9-7-23(8-10-24)15-5-3-4-14(19)11-15/h3-5,11-13H,2,6-10H2,1H3,(H,20,25). The molecule has 2 aromatic rings. The molecular formula is C18H22ClN5O. The summed E-state index contributed by atoms with van der Waals surface area (Å²) in [6, 6.07) is 7.92. The summed E-state index contributed by atoms with van der Waals surface area (Å²) in [6.07, 6.45) is 4.12. The van der Waals surface area contributed by atoms with Crippen LogP contribution in [-0.4, -0.2) is 48.6 Å². The van der Waals surface area contributed by atoms with Gasteiger partial charge in [0.2, 0.25) is 0 Å². The highest BCUT2D eigenvalue weighted by atomic mass is 35.5.